The largest absolute Gasteiger partial charge is 0.444 e. The van der Waals surface area contributed by atoms with Gasteiger partial charge in [0.05, 0.1) is 11.6 Å². The van der Waals surface area contributed by atoms with E-state index < -0.39 is 35.5 Å². The molecule has 3 amide bonds. The van der Waals surface area contributed by atoms with Crippen molar-refractivity contribution >= 4 is 17.9 Å². The monoisotopic (exact) mass is 559 g/mol. The number of hydrogen-bond donors (Lipinski definition) is 0. The molecule has 4 rings (SSSR count). The predicted molar refractivity (Wildman–Crippen MR) is 143 cm³/mol. The first-order valence-electron chi connectivity index (χ1n) is 13.6. The molecule has 2 atom stereocenters. The standard InChI is InChI=1S/C30H36F3N3O4/c1-20(22-10-12-23(13-11-22)30(31,32)33)36-25(18-21-8-6-5-7-9-21)27(38)35(19-26(36)37)24-14-16-34(17-15-24)28(39)40-29(2,3)4/h5-13,20,24-25H,14-19H2,1-4H3/t20-,25+/m1/s1. The first-order valence-corrected chi connectivity index (χ1v) is 13.6. The molecule has 2 saturated heterocycles. The van der Waals surface area contributed by atoms with Crippen molar-refractivity contribution < 1.29 is 32.3 Å². The van der Waals surface area contributed by atoms with Crippen molar-refractivity contribution in [1.82, 2.24) is 14.7 Å². The normalized spacial score (nSPS) is 20.1. The number of amides is 3. The molecule has 2 aromatic rings. The van der Waals surface area contributed by atoms with Crippen LogP contribution in [0.3, 0.4) is 0 Å². The lowest BCUT2D eigenvalue weighted by atomic mass is 9.94. The van der Waals surface area contributed by atoms with Gasteiger partial charge >= 0.3 is 12.3 Å². The van der Waals surface area contributed by atoms with Gasteiger partial charge in [-0.25, -0.2) is 4.79 Å². The zero-order valence-electron chi connectivity index (χ0n) is 23.3. The molecular weight excluding hydrogens is 523 g/mol. The van der Waals surface area contributed by atoms with Crippen LogP contribution in [0.5, 0.6) is 0 Å². The Balaban J connectivity index is 1.54. The lowest BCUT2D eigenvalue weighted by Gasteiger charge is -2.47. The average Bonchev–Trinajstić information content (AvgIpc) is 2.89. The number of benzene rings is 2. The van der Waals surface area contributed by atoms with Crippen LogP contribution in [0.25, 0.3) is 0 Å². The van der Waals surface area contributed by atoms with Crippen molar-refractivity contribution in [3.63, 3.8) is 0 Å². The van der Waals surface area contributed by atoms with Crippen LogP contribution in [-0.2, 0) is 26.9 Å². The number of piperidine rings is 1. The highest BCUT2D eigenvalue weighted by atomic mass is 19.4. The Morgan fingerprint density at radius 3 is 2.12 bits per heavy atom. The van der Waals surface area contributed by atoms with Gasteiger partial charge in [-0.3, -0.25) is 9.59 Å². The number of nitrogens with zero attached hydrogens (tertiary/aromatic N) is 3. The second-order valence-electron chi connectivity index (χ2n) is 11.5. The van der Waals surface area contributed by atoms with Gasteiger partial charge in [0.15, 0.2) is 0 Å². The van der Waals surface area contributed by atoms with Crippen LogP contribution in [0.2, 0.25) is 0 Å². The van der Waals surface area contributed by atoms with E-state index in [4.69, 9.17) is 4.74 Å². The van der Waals surface area contributed by atoms with Crippen molar-refractivity contribution in [2.75, 3.05) is 19.6 Å². The van der Waals surface area contributed by atoms with Crippen molar-refractivity contribution in [3.05, 3.63) is 71.3 Å². The Morgan fingerprint density at radius 2 is 1.57 bits per heavy atom. The smallest absolute Gasteiger partial charge is 0.416 e. The summed E-state index contributed by atoms with van der Waals surface area (Å²) in [7, 11) is 0. The highest BCUT2D eigenvalue weighted by Crippen LogP contribution is 2.34. The third-order valence-corrected chi connectivity index (χ3v) is 7.46. The molecule has 0 unspecified atom stereocenters. The van der Waals surface area contributed by atoms with Crippen LogP contribution in [0, 0.1) is 0 Å². The summed E-state index contributed by atoms with van der Waals surface area (Å²) in [5.41, 5.74) is 0.0153. The molecule has 2 fully saturated rings. The molecule has 0 bridgehead atoms. The minimum absolute atomic E-state index is 0.119. The average molecular weight is 560 g/mol. The van der Waals surface area contributed by atoms with E-state index in [1.165, 1.54) is 17.0 Å². The van der Waals surface area contributed by atoms with E-state index >= 15 is 0 Å². The number of rotatable bonds is 5. The summed E-state index contributed by atoms with van der Waals surface area (Å²) in [6.45, 7) is 7.85. The first kappa shape index (κ1) is 29.4. The van der Waals surface area contributed by atoms with Gasteiger partial charge in [0.25, 0.3) is 0 Å². The third kappa shape index (κ3) is 6.77. The fourth-order valence-corrected chi connectivity index (χ4v) is 5.41. The highest BCUT2D eigenvalue weighted by molar-refractivity contribution is 5.95. The number of halogens is 3. The molecule has 7 nitrogen and oxygen atoms in total. The maximum atomic E-state index is 14.0. The minimum atomic E-state index is -4.46. The molecule has 40 heavy (non-hydrogen) atoms. The molecule has 10 heteroatoms. The predicted octanol–water partition coefficient (Wildman–Crippen LogP) is 5.45. The van der Waals surface area contributed by atoms with E-state index in [1.54, 1.807) is 37.5 Å². The van der Waals surface area contributed by atoms with Crippen LogP contribution in [0.4, 0.5) is 18.0 Å². The van der Waals surface area contributed by atoms with Gasteiger partial charge < -0.3 is 19.4 Å². The number of piperazine rings is 1. The zero-order valence-corrected chi connectivity index (χ0v) is 23.3. The van der Waals surface area contributed by atoms with E-state index in [9.17, 15) is 27.6 Å². The number of hydrogen-bond acceptors (Lipinski definition) is 4. The van der Waals surface area contributed by atoms with Crippen LogP contribution >= 0.6 is 0 Å². The van der Waals surface area contributed by atoms with E-state index in [2.05, 4.69) is 0 Å². The lowest BCUT2D eigenvalue weighted by Crippen LogP contribution is -2.64. The highest BCUT2D eigenvalue weighted by Gasteiger charge is 2.45. The Kier molecular flexibility index (Phi) is 8.46. The molecule has 0 N–H and O–H groups in total. The van der Waals surface area contributed by atoms with Crippen molar-refractivity contribution in [3.8, 4) is 0 Å². The minimum Gasteiger partial charge on any atom is -0.444 e. The van der Waals surface area contributed by atoms with Gasteiger partial charge in [-0.2, -0.15) is 13.2 Å². The summed E-state index contributed by atoms with van der Waals surface area (Å²) in [6, 6.07) is 12.4. The number of ether oxygens (including phenoxy) is 1. The Labute approximate surface area is 232 Å². The summed E-state index contributed by atoms with van der Waals surface area (Å²) in [5.74, 6) is -0.458. The summed E-state index contributed by atoms with van der Waals surface area (Å²) < 4.78 is 44.8. The third-order valence-electron chi connectivity index (χ3n) is 7.46. The van der Waals surface area contributed by atoms with Gasteiger partial charge in [-0.15, -0.1) is 0 Å². The van der Waals surface area contributed by atoms with Gasteiger partial charge in [-0.1, -0.05) is 42.5 Å². The van der Waals surface area contributed by atoms with Crippen LogP contribution < -0.4 is 0 Å². The van der Waals surface area contributed by atoms with E-state index in [0.29, 0.717) is 31.5 Å². The second-order valence-corrected chi connectivity index (χ2v) is 11.5. The van der Waals surface area contributed by atoms with E-state index in [-0.39, 0.29) is 30.8 Å². The SMILES string of the molecule is C[C@H](c1ccc(C(F)(F)F)cc1)N1C(=O)CN(C2CCN(C(=O)OC(C)(C)C)CC2)C(=O)[C@@H]1Cc1ccccc1. The fraction of sp³-hybridized carbons (Fsp3) is 0.500. The lowest BCUT2D eigenvalue weighted by molar-refractivity contribution is -0.161. The molecule has 2 aromatic carbocycles. The summed E-state index contributed by atoms with van der Waals surface area (Å²) in [5, 5.41) is 0. The van der Waals surface area contributed by atoms with Gasteiger partial charge in [0.2, 0.25) is 11.8 Å². The Bertz CT molecular complexity index is 1200. The molecule has 216 valence electrons. The van der Waals surface area contributed by atoms with Crippen LogP contribution in [-0.4, -0.2) is 69.9 Å². The summed E-state index contributed by atoms with van der Waals surface area (Å²) >= 11 is 0. The number of alkyl halides is 3. The molecular formula is C30H36F3N3O4. The first-order chi connectivity index (χ1) is 18.7. The quantitative estimate of drug-likeness (QED) is 0.489. The summed E-state index contributed by atoms with van der Waals surface area (Å²) in [6.07, 6.45) is -3.54. The van der Waals surface area contributed by atoms with Crippen molar-refractivity contribution in [1.29, 1.82) is 0 Å². The molecule has 2 aliphatic heterocycles. The molecule has 2 aliphatic rings. The molecule has 0 saturated carbocycles. The van der Waals surface area contributed by atoms with E-state index in [0.717, 1.165) is 17.7 Å². The van der Waals surface area contributed by atoms with Crippen LogP contribution in [0.1, 0.15) is 63.3 Å². The Hall–Kier alpha value is -3.56. The molecule has 2 heterocycles. The fourth-order valence-electron chi connectivity index (χ4n) is 5.41. The second kappa shape index (κ2) is 11.5. The van der Waals surface area contributed by atoms with Gasteiger partial charge in [0.1, 0.15) is 18.2 Å². The molecule has 0 aromatic heterocycles. The molecule has 0 aliphatic carbocycles. The molecule has 0 radical (unpaired) electrons. The number of carbonyl (C=O) groups excluding carboxylic acids is 3. The Morgan fingerprint density at radius 1 is 0.975 bits per heavy atom. The van der Waals surface area contributed by atoms with E-state index in [1.807, 2.05) is 30.3 Å². The van der Waals surface area contributed by atoms with Gasteiger partial charge in [0, 0.05) is 25.6 Å². The maximum Gasteiger partial charge on any atom is 0.416 e. The van der Waals surface area contributed by atoms with Gasteiger partial charge in [-0.05, 0) is 63.8 Å². The topological polar surface area (TPSA) is 70.2 Å². The van der Waals surface area contributed by atoms with Crippen molar-refractivity contribution in [2.24, 2.45) is 0 Å². The van der Waals surface area contributed by atoms with Crippen molar-refractivity contribution in [2.45, 2.75) is 76.9 Å². The summed E-state index contributed by atoms with van der Waals surface area (Å²) in [4.78, 5) is 44.9. The molecule has 0 spiro atoms. The van der Waals surface area contributed by atoms with Crippen LogP contribution in [0.15, 0.2) is 54.6 Å². The zero-order chi connectivity index (χ0) is 29.2. The number of likely N-dealkylation sites (tertiary alicyclic amines) is 1. The number of carbonyl (C=O) groups is 3. The maximum absolute atomic E-state index is 14.0.